The third kappa shape index (κ3) is 4.70. The van der Waals surface area contributed by atoms with Crippen LogP contribution in [-0.2, 0) is 14.3 Å². The fourth-order valence-corrected chi connectivity index (χ4v) is 2.68. The summed E-state index contributed by atoms with van der Waals surface area (Å²) in [5.74, 6) is -1.15. The van der Waals surface area contributed by atoms with E-state index in [0.717, 1.165) is 0 Å². The van der Waals surface area contributed by atoms with Gasteiger partial charge in [0.05, 0.1) is 19.3 Å². The Morgan fingerprint density at radius 3 is 2.54 bits per heavy atom. The second-order valence-electron chi connectivity index (χ2n) is 6.11. The Hall–Kier alpha value is -3.29. The standard InChI is InChI=1S/C20H24N2O6/c1-6-27-19(24)16-11(2)17(21-12(16)3)20(25)28-13(4)18(23)22-14-8-7-9-15(10-14)26-5/h7-10,13,21H,6H2,1-5H3,(H,22,23)/t13-/m1/s1. The van der Waals surface area contributed by atoms with Gasteiger partial charge in [0.25, 0.3) is 5.91 Å². The van der Waals surface area contributed by atoms with Crippen molar-refractivity contribution in [1.29, 1.82) is 0 Å². The summed E-state index contributed by atoms with van der Waals surface area (Å²) < 4.78 is 15.4. The van der Waals surface area contributed by atoms with E-state index in [1.54, 1.807) is 45.0 Å². The summed E-state index contributed by atoms with van der Waals surface area (Å²) in [6, 6.07) is 6.82. The van der Waals surface area contributed by atoms with Gasteiger partial charge in [-0.3, -0.25) is 4.79 Å². The number of aromatic amines is 1. The highest BCUT2D eigenvalue weighted by molar-refractivity contribution is 6.00. The number of hydrogen-bond acceptors (Lipinski definition) is 6. The molecule has 28 heavy (non-hydrogen) atoms. The summed E-state index contributed by atoms with van der Waals surface area (Å²) in [4.78, 5) is 39.7. The first-order valence-corrected chi connectivity index (χ1v) is 8.80. The summed E-state index contributed by atoms with van der Waals surface area (Å²) in [5, 5.41) is 2.66. The van der Waals surface area contributed by atoms with Gasteiger partial charge in [-0.15, -0.1) is 0 Å². The van der Waals surface area contributed by atoms with E-state index in [2.05, 4.69) is 10.3 Å². The number of aryl methyl sites for hydroxylation is 1. The highest BCUT2D eigenvalue weighted by Gasteiger charge is 2.26. The van der Waals surface area contributed by atoms with E-state index in [-0.39, 0.29) is 12.3 Å². The van der Waals surface area contributed by atoms with Crippen molar-refractivity contribution in [1.82, 2.24) is 4.98 Å². The number of hydrogen-bond donors (Lipinski definition) is 2. The summed E-state index contributed by atoms with van der Waals surface area (Å²) in [6.45, 7) is 6.67. The van der Waals surface area contributed by atoms with Gasteiger partial charge in [-0.05, 0) is 45.4 Å². The molecule has 0 saturated heterocycles. The first-order valence-electron chi connectivity index (χ1n) is 8.80. The zero-order chi connectivity index (χ0) is 20.8. The Balaban J connectivity index is 2.08. The van der Waals surface area contributed by atoms with Gasteiger partial charge < -0.3 is 24.5 Å². The molecule has 0 unspecified atom stereocenters. The Morgan fingerprint density at radius 1 is 1.18 bits per heavy atom. The molecule has 1 atom stereocenters. The van der Waals surface area contributed by atoms with E-state index in [1.807, 2.05) is 0 Å². The molecule has 0 aliphatic heterocycles. The molecule has 2 aromatic rings. The van der Waals surface area contributed by atoms with Gasteiger partial charge in [-0.25, -0.2) is 9.59 Å². The van der Waals surface area contributed by atoms with Crippen LogP contribution in [0.15, 0.2) is 24.3 Å². The van der Waals surface area contributed by atoms with Crippen molar-refractivity contribution >= 4 is 23.5 Å². The molecule has 0 aliphatic rings. The maximum Gasteiger partial charge on any atom is 0.355 e. The number of carbonyl (C=O) groups is 3. The fraction of sp³-hybridized carbons (Fsp3) is 0.350. The number of benzene rings is 1. The van der Waals surface area contributed by atoms with Gasteiger partial charge in [-0.1, -0.05) is 6.07 Å². The van der Waals surface area contributed by atoms with E-state index in [0.29, 0.717) is 28.3 Å². The lowest BCUT2D eigenvalue weighted by molar-refractivity contribution is -0.123. The molecule has 2 rings (SSSR count). The molecule has 0 aliphatic carbocycles. The third-order valence-corrected chi connectivity index (χ3v) is 4.11. The van der Waals surface area contributed by atoms with Gasteiger partial charge >= 0.3 is 11.9 Å². The molecule has 0 bridgehead atoms. The predicted octanol–water partition coefficient (Wildman–Crippen LogP) is 3.00. The van der Waals surface area contributed by atoms with Gasteiger partial charge in [0, 0.05) is 17.4 Å². The van der Waals surface area contributed by atoms with Crippen LogP contribution >= 0.6 is 0 Å². The van der Waals surface area contributed by atoms with Crippen molar-refractivity contribution in [2.24, 2.45) is 0 Å². The van der Waals surface area contributed by atoms with Crippen LogP contribution in [0.25, 0.3) is 0 Å². The number of aromatic nitrogens is 1. The molecule has 0 saturated carbocycles. The lowest BCUT2D eigenvalue weighted by atomic mass is 10.1. The first-order chi connectivity index (χ1) is 13.3. The Kier molecular flexibility index (Phi) is 6.81. The predicted molar refractivity (Wildman–Crippen MR) is 103 cm³/mol. The van der Waals surface area contributed by atoms with Gasteiger partial charge in [0.2, 0.25) is 0 Å². The lowest BCUT2D eigenvalue weighted by Crippen LogP contribution is -2.30. The Labute approximate surface area is 163 Å². The molecule has 1 aromatic carbocycles. The van der Waals surface area contributed by atoms with Crippen molar-refractivity contribution in [2.75, 3.05) is 19.0 Å². The molecule has 0 spiro atoms. The largest absolute Gasteiger partial charge is 0.497 e. The summed E-state index contributed by atoms with van der Waals surface area (Å²) in [6.07, 6.45) is -1.05. The molecule has 0 fully saturated rings. The molecule has 0 radical (unpaired) electrons. The zero-order valence-electron chi connectivity index (χ0n) is 16.5. The van der Waals surface area contributed by atoms with E-state index >= 15 is 0 Å². The van der Waals surface area contributed by atoms with Crippen LogP contribution in [0, 0.1) is 13.8 Å². The minimum absolute atomic E-state index is 0.113. The fourth-order valence-electron chi connectivity index (χ4n) is 2.68. The number of carbonyl (C=O) groups excluding carboxylic acids is 3. The van der Waals surface area contributed by atoms with Crippen molar-refractivity contribution in [3.8, 4) is 5.75 Å². The minimum Gasteiger partial charge on any atom is -0.497 e. The third-order valence-electron chi connectivity index (χ3n) is 4.11. The average Bonchev–Trinajstić information content (AvgIpc) is 2.96. The Morgan fingerprint density at radius 2 is 1.89 bits per heavy atom. The monoisotopic (exact) mass is 388 g/mol. The number of methoxy groups -OCH3 is 1. The number of ether oxygens (including phenoxy) is 3. The molecule has 1 heterocycles. The van der Waals surface area contributed by atoms with Crippen LogP contribution in [0.5, 0.6) is 5.75 Å². The maximum absolute atomic E-state index is 12.5. The van der Waals surface area contributed by atoms with E-state index in [1.165, 1.54) is 14.0 Å². The molecule has 150 valence electrons. The molecular weight excluding hydrogens is 364 g/mol. The summed E-state index contributed by atoms with van der Waals surface area (Å²) >= 11 is 0. The number of anilines is 1. The van der Waals surface area contributed by atoms with Crippen molar-refractivity contribution in [3.63, 3.8) is 0 Å². The smallest absolute Gasteiger partial charge is 0.355 e. The molecule has 1 amide bonds. The van der Waals surface area contributed by atoms with Crippen LogP contribution < -0.4 is 10.1 Å². The van der Waals surface area contributed by atoms with Crippen LogP contribution in [0.3, 0.4) is 0 Å². The van der Waals surface area contributed by atoms with E-state index < -0.39 is 23.9 Å². The van der Waals surface area contributed by atoms with Gasteiger partial charge in [0.15, 0.2) is 6.10 Å². The molecule has 8 heteroatoms. The molecule has 8 nitrogen and oxygen atoms in total. The topological polar surface area (TPSA) is 107 Å². The van der Waals surface area contributed by atoms with Crippen molar-refractivity contribution in [2.45, 2.75) is 33.8 Å². The lowest BCUT2D eigenvalue weighted by Gasteiger charge is -2.14. The average molecular weight is 388 g/mol. The van der Waals surface area contributed by atoms with Crippen LogP contribution in [0.1, 0.15) is 46.0 Å². The quantitative estimate of drug-likeness (QED) is 0.706. The number of H-pyrrole nitrogens is 1. The van der Waals surface area contributed by atoms with Crippen LogP contribution in [0.2, 0.25) is 0 Å². The maximum atomic E-state index is 12.5. The number of rotatable bonds is 7. The van der Waals surface area contributed by atoms with Crippen LogP contribution in [-0.4, -0.2) is 42.7 Å². The summed E-state index contributed by atoms with van der Waals surface area (Å²) in [7, 11) is 1.52. The SMILES string of the molecule is CCOC(=O)c1c(C)[nH]c(C(=O)O[C@H](C)C(=O)Nc2cccc(OC)c2)c1C. The summed E-state index contributed by atoms with van der Waals surface area (Å²) in [5.41, 5.74) is 1.84. The van der Waals surface area contributed by atoms with Gasteiger partial charge in [-0.2, -0.15) is 0 Å². The number of amides is 1. The molecule has 2 N–H and O–H groups in total. The van der Waals surface area contributed by atoms with E-state index in [9.17, 15) is 14.4 Å². The van der Waals surface area contributed by atoms with E-state index in [4.69, 9.17) is 14.2 Å². The first kappa shape index (κ1) is 21.0. The van der Waals surface area contributed by atoms with Crippen molar-refractivity contribution < 1.29 is 28.6 Å². The highest BCUT2D eigenvalue weighted by atomic mass is 16.5. The Bertz CT molecular complexity index is 887. The highest BCUT2D eigenvalue weighted by Crippen LogP contribution is 2.21. The minimum atomic E-state index is -1.05. The zero-order valence-corrected chi connectivity index (χ0v) is 16.5. The second kappa shape index (κ2) is 9.07. The second-order valence-corrected chi connectivity index (χ2v) is 6.11. The normalized spacial score (nSPS) is 11.5. The van der Waals surface area contributed by atoms with Crippen molar-refractivity contribution in [3.05, 3.63) is 46.8 Å². The molecular formula is C20H24N2O6. The number of nitrogens with one attached hydrogen (secondary N) is 2. The van der Waals surface area contributed by atoms with Gasteiger partial charge in [0.1, 0.15) is 11.4 Å². The van der Waals surface area contributed by atoms with Crippen LogP contribution in [0.4, 0.5) is 5.69 Å². The number of esters is 2. The molecule has 1 aromatic heterocycles.